The van der Waals surface area contributed by atoms with Crippen molar-refractivity contribution >= 4 is 27.8 Å². The van der Waals surface area contributed by atoms with Gasteiger partial charge in [0.1, 0.15) is 5.54 Å². The van der Waals surface area contributed by atoms with Gasteiger partial charge < -0.3 is 10.1 Å². The molecule has 0 aromatic heterocycles. The van der Waals surface area contributed by atoms with Crippen LogP contribution in [-0.2, 0) is 9.53 Å². The van der Waals surface area contributed by atoms with Crippen LogP contribution in [0.1, 0.15) is 30.1 Å². The second kappa shape index (κ2) is 6.27. The van der Waals surface area contributed by atoms with Gasteiger partial charge in [-0.25, -0.2) is 4.79 Å². The molecule has 1 fully saturated rings. The molecule has 0 aliphatic heterocycles. The van der Waals surface area contributed by atoms with E-state index in [0.29, 0.717) is 5.56 Å². The van der Waals surface area contributed by atoms with E-state index in [1.165, 1.54) is 0 Å². The second-order valence-corrected chi connectivity index (χ2v) is 6.14. The van der Waals surface area contributed by atoms with Crippen LogP contribution in [-0.4, -0.2) is 24.0 Å². The van der Waals surface area contributed by atoms with Crippen LogP contribution in [0.4, 0.5) is 0 Å². The summed E-state index contributed by atoms with van der Waals surface area (Å²) in [6.07, 6.45) is 1.87. The number of ether oxygens (including phenoxy) is 1. The Balaban J connectivity index is 1.87. The first-order valence-electron chi connectivity index (χ1n) is 6.59. The summed E-state index contributed by atoms with van der Waals surface area (Å²) in [6.45, 7) is 1.30. The van der Waals surface area contributed by atoms with Crippen LogP contribution in [0.25, 0.3) is 0 Å². The summed E-state index contributed by atoms with van der Waals surface area (Å²) in [6, 6.07) is 8.84. The highest BCUT2D eigenvalue weighted by molar-refractivity contribution is 9.10. The maximum atomic E-state index is 11.8. The average Bonchev–Trinajstić information content (AvgIpc) is 3.29. The minimum Gasteiger partial charge on any atom is -0.452 e. The molecule has 1 N–H and O–H groups in total. The molecule has 1 aliphatic rings. The number of esters is 1. The van der Waals surface area contributed by atoms with Crippen molar-refractivity contribution in [1.82, 2.24) is 5.32 Å². The zero-order valence-corrected chi connectivity index (χ0v) is 13.1. The maximum Gasteiger partial charge on any atom is 0.338 e. The maximum absolute atomic E-state index is 11.8. The number of nitrogens with one attached hydrogen (secondary N) is 1. The predicted molar refractivity (Wildman–Crippen MR) is 79.3 cm³/mol. The molecule has 5 nitrogen and oxygen atoms in total. The van der Waals surface area contributed by atoms with Crippen molar-refractivity contribution in [3.8, 4) is 6.07 Å². The Labute approximate surface area is 131 Å². The van der Waals surface area contributed by atoms with E-state index in [0.717, 1.165) is 17.3 Å². The van der Waals surface area contributed by atoms with Crippen LogP contribution in [0.3, 0.4) is 0 Å². The van der Waals surface area contributed by atoms with Crippen molar-refractivity contribution in [2.45, 2.75) is 25.3 Å². The molecule has 1 aromatic rings. The topological polar surface area (TPSA) is 79.2 Å². The van der Waals surface area contributed by atoms with Gasteiger partial charge in [-0.15, -0.1) is 0 Å². The van der Waals surface area contributed by atoms with E-state index in [1.807, 2.05) is 0 Å². The second-order valence-electron chi connectivity index (χ2n) is 5.22. The number of carbonyl (C=O) groups excluding carboxylic acids is 2. The number of nitrogens with zero attached hydrogens (tertiary/aromatic N) is 1. The Bertz CT molecular complexity index is 607. The number of hydrogen-bond acceptors (Lipinski definition) is 4. The predicted octanol–water partition coefficient (Wildman–Crippen LogP) is 2.41. The monoisotopic (exact) mass is 350 g/mol. The molecule has 1 atom stereocenters. The summed E-state index contributed by atoms with van der Waals surface area (Å²) >= 11 is 3.26. The van der Waals surface area contributed by atoms with Crippen molar-refractivity contribution in [1.29, 1.82) is 5.26 Å². The fourth-order valence-electron chi connectivity index (χ4n) is 2.04. The van der Waals surface area contributed by atoms with E-state index < -0.39 is 24.0 Å². The summed E-state index contributed by atoms with van der Waals surface area (Å²) < 4.78 is 5.71. The van der Waals surface area contributed by atoms with Gasteiger partial charge in [0, 0.05) is 4.47 Å². The Hall–Kier alpha value is -1.87. The number of nitriles is 1. The fraction of sp³-hybridized carbons (Fsp3) is 0.400. The van der Waals surface area contributed by atoms with E-state index in [1.54, 1.807) is 31.2 Å². The third-order valence-electron chi connectivity index (χ3n) is 3.42. The molecule has 21 heavy (non-hydrogen) atoms. The fourth-order valence-corrected chi connectivity index (χ4v) is 2.44. The van der Waals surface area contributed by atoms with Crippen LogP contribution < -0.4 is 5.32 Å². The molecule has 0 radical (unpaired) electrons. The molecule has 0 heterocycles. The lowest BCUT2D eigenvalue weighted by Gasteiger charge is -2.22. The molecule has 0 bridgehead atoms. The minimum absolute atomic E-state index is 0.187. The molecular weight excluding hydrogens is 336 g/mol. The molecule has 2 rings (SSSR count). The highest BCUT2D eigenvalue weighted by atomic mass is 79.9. The van der Waals surface area contributed by atoms with Crippen molar-refractivity contribution in [3.05, 3.63) is 34.3 Å². The highest BCUT2D eigenvalue weighted by Gasteiger charge is 2.43. The van der Waals surface area contributed by atoms with Crippen molar-refractivity contribution < 1.29 is 14.3 Å². The van der Waals surface area contributed by atoms with Crippen LogP contribution in [0.2, 0.25) is 0 Å². The Kier molecular flexibility index (Phi) is 4.63. The molecule has 1 saturated carbocycles. The van der Waals surface area contributed by atoms with E-state index in [-0.39, 0.29) is 5.92 Å². The molecular formula is C15H15BrN2O3. The van der Waals surface area contributed by atoms with Crippen molar-refractivity contribution in [3.63, 3.8) is 0 Å². The van der Waals surface area contributed by atoms with Crippen LogP contribution in [0.15, 0.2) is 28.7 Å². The van der Waals surface area contributed by atoms with Crippen LogP contribution in [0.5, 0.6) is 0 Å². The zero-order chi connectivity index (χ0) is 15.5. The zero-order valence-electron chi connectivity index (χ0n) is 11.6. The van der Waals surface area contributed by atoms with Crippen LogP contribution in [0, 0.1) is 17.2 Å². The molecule has 1 amide bonds. The summed E-state index contributed by atoms with van der Waals surface area (Å²) in [5.41, 5.74) is -0.512. The number of hydrogen-bond donors (Lipinski definition) is 1. The van der Waals surface area contributed by atoms with E-state index in [2.05, 4.69) is 27.3 Å². The molecule has 0 spiro atoms. The number of carbonyl (C=O) groups is 2. The first kappa shape index (κ1) is 15.5. The Morgan fingerprint density at radius 2 is 2.24 bits per heavy atom. The smallest absolute Gasteiger partial charge is 0.338 e. The van der Waals surface area contributed by atoms with Gasteiger partial charge in [0.2, 0.25) is 0 Å². The highest BCUT2D eigenvalue weighted by Crippen LogP contribution is 2.39. The first-order valence-corrected chi connectivity index (χ1v) is 7.39. The van der Waals surface area contributed by atoms with Gasteiger partial charge in [-0.2, -0.15) is 5.26 Å². The number of benzene rings is 1. The van der Waals surface area contributed by atoms with Crippen molar-refractivity contribution in [2.24, 2.45) is 5.92 Å². The third kappa shape index (κ3) is 4.05. The van der Waals surface area contributed by atoms with E-state index in [9.17, 15) is 9.59 Å². The average molecular weight is 351 g/mol. The molecule has 0 unspecified atom stereocenters. The summed E-state index contributed by atoms with van der Waals surface area (Å²) in [4.78, 5) is 23.6. The van der Waals surface area contributed by atoms with Gasteiger partial charge in [-0.05, 0) is 43.9 Å². The quantitative estimate of drug-likeness (QED) is 0.827. The van der Waals surface area contributed by atoms with Gasteiger partial charge in [0.15, 0.2) is 6.61 Å². The molecule has 0 saturated heterocycles. The Morgan fingerprint density at radius 3 is 2.81 bits per heavy atom. The molecule has 110 valence electrons. The van der Waals surface area contributed by atoms with E-state index in [4.69, 9.17) is 10.00 Å². The molecule has 6 heteroatoms. The number of halogens is 1. The number of rotatable bonds is 5. The van der Waals surface area contributed by atoms with Gasteiger partial charge in [-0.3, -0.25) is 4.79 Å². The lowest BCUT2D eigenvalue weighted by Crippen LogP contribution is -2.48. The lowest BCUT2D eigenvalue weighted by molar-refractivity contribution is -0.125. The van der Waals surface area contributed by atoms with Gasteiger partial charge in [-0.1, -0.05) is 22.0 Å². The van der Waals surface area contributed by atoms with Gasteiger partial charge >= 0.3 is 5.97 Å². The van der Waals surface area contributed by atoms with Gasteiger partial charge in [0.25, 0.3) is 5.91 Å². The largest absolute Gasteiger partial charge is 0.452 e. The standard InChI is InChI=1S/C15H15BrN2O3/c1-15(9-17,11-5-6-11)18-13(19)8-21-14(20)10-3-2-4-12(16)7-10/h2-4,7,11H,5-6,8H2,1H3,(H,18,19)/t15-/m0/s1. The minimum atomic E-state index is -0.876. The normalized spacial score (nSPS) is 16.4. The first-order chi connectivity index (χ1) is 9.94. The third-order valence-corrected chi connectivity index (χ3v) is 3.91. The number of amides is 1. The van der Waals surface area contributed by atoms with Crippen molar-refractivity contribution in [2.75, 3.05) is 6.61 Å². The molecule has 1 aliphatic carbocycles. The SMILES string of the molecule is C[C@@](C#N)(NC(=O)COC(=O)c1cccc(Br)c1)C1CC1. The molecule has 1 aromatic carbocycles. The summed E-state index contributed by atoms with van der Waals surface area (Å²) in [5.74, 6) is -0.849. The van der Waals surface area contributed by atoms with E-state index >= 15 is 0 Å². The summed E-state index contributed by atoms with van der Waals surface area (Å²) in [7, 11) is 0. The lowest BCUT2D eigenvalue weighted by atomic mass is 9.98. The summed E-state index contributed by atoms with van der Waals surface area (Å²) in [5, 5.41) is 11.8. The van der Waals surface area contributed by atoms with Crippen LogP contribution >= 0.6 is 15.9 Å². The van der Waals surface area contributed by atoms with Gasteiger partial charge in [0.05, 0.1) is 11.6 Å². The Morgan fingerprint density at radius 1 is 1.52 bits per heavy atom.